The fourth-order valence-corrected chi connectivity index (χ4v) is 2.97. The molecule has 1 aromatic carbocycles. The van der Waals surface area contributed by atoms with Crippen molar-refractivity contribution in [3.8, 4) is 6.07 Å². The number of nitriles is 1. The van der Waals surface area contributed by atoms with Crippen molar-refractivity contribution in [2.24, 2.45) is 5.92 Å². The van der Waals surface area contributed by atoms with Gasteiger partial charge in [-0.15, -0.1) is 24.8 Å². The van der Waals surface area contributed by atoms with Crippen molar-refractivity contribution in [3.05, 3.63) is 35.4 Å². The van der Waals surface area contributed by atoms with E-state index in [2.05, 4.69) is 28.4 Å². The molecule has 1 aliphatic carbocycles. The van der Waals surface area contributed by atoms with E-state index in [1.165, 1.54) is 24.8 Å². The molecular weight excluding hydrogens is 305 g/mol. The summed E-state index contributed by atoms with van der Waals surface area (Å²) >= 11 is 0. The SMILES string of the molecule is Cl.Cl.N#Cc1cccc([C@H](CC2CC2)N2CCNCC2)c1. The molecule has 0 bridgehead atoms. The van der Waals surface area contributed by atoms with E-state index >= 15 is 0 Å². The second-order valence-electron chi connectivity index (χ2n) is 5.72. The third kappa shape index (κ3) is 4.86. The molecule has 1 heterocycles. The minimum absolute atomic E-state index is 0. The van der Waals surface area contributed by atoms with Crippen LogP contribution in [-0.2, 0) is 0 Å². The quantitative estimate of drug-likeness (QED) is 0.923. The van der Waals surface area contributed by atoms with Crippen LogP contribution in [0.3, 0.4) is 0 Å². The molecule has 0 radical (unpaired) electrons. The van der Waals surface area contributed by atoms with Crippen LogP contribution in [0, 0.1) is 17.2 Å². The smallest absolute Gasteiger partial charge is 0.0991 e. The van der Waals surface area contributed by atoms with Crippen molar-refractivity contribution in [2.75, 3.05) is 26.2 Å². The third-order valence-electron chi connectivity index (χ3n) is 4.25. The topological polar surface area (TPSA) is 39.1 Å². The monoisotopic (exact) mass is 327 g/mol. The summed E-state index contributed by atoms with van der Waals surface area (Å²) in [5.74, 6) is 0.908. The van der Waals surface area contributed by atoms with Crippen molar-refractivity contribution < 1.29 is 0 Å². The lowest BCUT2D eigenvalue weighted by Crippen LogP contribution is -2.45. The van der Waals surface area contributed by atoms with E-state index in [1.807, 2.05) is 12.1 Å². The highest BCUT2D eigenvalue weighted by atomic mass is 35.5. The first-order valence-electron chi connectivity index (χ1n) is 7.31. The summed E-state index contributed by atoms with van der Waals surface area (Å²) in [6, 6.07) is 11.0. The van der Waals surface area contributed by atoms with E-state index < -0.39 is 0 Å². The molecule has 21 heavy (non-hydrogen) atoms. The average Bonchev–Trinajstić information content (AvgIpc) is 3.30. The lowest BCUT2D eigenvalue weighted by molar-refractivity contribution is 0.160. The summed E-state index contributed by atoms with van der Waals surface area (Å²) < 4.78 is 0. The van der Waals surface area contributed by atoms with E-state index in [-0.39, 0.29) is 24.8 Å². The maximum absolute atomic E-state index is 9.07. The zero-order valence-corrected chi connectivity index (χ0v) is 13.8. The Hall–Kier alpha value is -0.790. The van der Waals surface area contributed by atoms with Crippen molar-refractivity contribution in [3.63, 3.8) is 0 Å². The fourth-order valence-electron chi connectivity index (χ4n) is 2.97. The molecule has 1 aromatic rings. The maximum Gasteiger partial charge on any atom is 0.0991 e. The van der Waals surface area contributed by atoms with Gasteiger partial charge < -0.3 is 5.32 Å². The average molecular weight is 328 g/mol. The Balaban J connectivity index is 0.00000110. The Morgan fingerprint density at radius 2 is 1.95 bits per heavy atom. The Bertz CT molecular complexity index is 477. The Morgan fingerprint density at radius 1 is 1.24 bits per heavy atom. The van der Waals surface area contributed by atoms with Gasteiger partial charge in [0.05, 0.1) is 11.6 Å². The standard InChI is InChI=1S/C16H21N3.2ClH/c17-12-14-2-1-3-15(10-14)16(11-13-4-5-13)19-8-6-18-7-9-19;;/h1-3,10,13,16,18H,4-9,11H2;2*1H/t16-;;/m0../s1. The van der Waals surface area contributed by atoms with Crippen LogP contribution in [0.5, 0.6) is 0 Å². The lowest BCUT2D eigenvalue weighted by Gasteiger charge is -2.35. The van der Waals surface area contributed by atoms with Gasteiger partial charge in [-0.3, -0.25) is 4.90 Å². The number of rotatable bonds is 4. The molecule has 0 amide bonds. The van der Waals surface area contributed by atoms with E-state index in [0.29, 0.717) is 6.04 Å². The summed E-state index contributed by atoms with van der Waals surface area (Å²) in [6.07, 6.45) is 4.04. The predicted octanol–water partition coefficient (Wildman–Crippen LogP) is 3.15. The Kier molecular flexibility index (Phi) is 7.48. The predicted molar refractivity (Wildman–Crippen MR) is 90.2 cm³/mol. The van der Waals surface area contributed by atoms with E-state index in [1.54, 1.807) is 0 Å². The van der Waals surface area contributed by atoms with E-state index in [0.717, 1.165) is 37.7 Å². The second kappa shape index (κ2) is 8.60. The van der Waals surface area contributed by atoms with Gasteiger partial charge in [0.25, 0.3) is 0 Å². The first-order chi connectivity index (χ1) is 9.36. The normalized spacial score (nSPS) is 19.8. The van der Waals surface area contributed by atoms with Crippen LogP contribution in [0.25, 0.3) is 0 Å². The molecule has 2 aliphatic rings. The summed E-state index contributed by atoms with van der Waals surface area (Å²) in [5.41, 5.74) is 2.11. The van der Waals surface area contributed by atoms with Crippen LogP contribution < -0.4 is 5.32 Å². The van der Waals surface area contributed by atoms with Gasteiger partial charge in [0.15, 0.2) is 0 Å². The molecule has 3 nitrogen and oxygen atoms in total. The molecule has 1 saturated heterocycles. The van der Waals surface area contributed by atoms with Gasteiger partial charge in [0, 0.05) is 32.2 Å². The summed E-state index contributed by atoms with van der Waals surface area (Å²) in [7, 11) is 0. The number of hydrogen-bond acceptors (Lipinski definition) is 3. The van der Waals surface area contributed by atoms with Gasteiger partial charge in [-0.1, -0.05) is 25.0 Å². The number of nitrogens with one attached hydrogen (secondary N) is 1. The van der Waals surface area contributed by atoms with Crippen LogP contribution in [0.15, 0.2) is 24.3 Å². The van der Waals surface area contributed by atoms with Gasteiger partial charge in [-0.25, -0.2) is 0 Å². The van der Waals surface area contributed by atoms with Crippen molar-refractivity contribution in [1.82, 2.24) is 10.2 Å². The zero-order valence-electron chi connectivity index (χ0n) is 12.1. The van der Waals surface area contributed by atoms with Crippen LogP contribution >= 0.6 is 24.8 Å². The number of piperazine rings is 1. The Morgan fingerprint density at radius 3 is 2.57 bits per heavy atom. The molecule has 116 valence electrons. The molecule has 0 aromatic heterocycles. The molecule has 1 atom stereocenters. The number of halogens is 2. The lowest BCUT2D eigenvalue weighted by atomic mass is 9.97. The van der Waals surface area contributed by atoms with E-state index in [4.69, 9.17) is 5.26 Å². The van der Waals surface area contributed by atoms with Crippen molar-refractivity contribution in [1.29, 1.82) is 5.26 Å². The summed E-state index contributed by atoms with van der Waals surface area (Å²) in [6.45, 7) is 4.40. The highest BCUT2D eigenvalue weighted by Crippen LogP contribution is 2.40. The zero-order chi connectivity index (χ0) is 13.1. The van der Waals surface area contributed by atoms with Gasteiger partial charge >= 0.3 is 0 Å². The molecular formula is C16H23Cl2N3. The molecule has 0 unspecified atom stereocenters. The number of hydrogen-bond donors (Lipinski definition) is 1. The second-order valence-corrected chi connectivity index (χ2v) is 5.72. The molecule has 2 fully saturated rings. The van der Waals surface area contributed by atoms with Crippen LogP contribution in [0.1, 0.15) is 36.4 Å². The summed E-state index contributed by atoms with van der Waals surface area (Å²) in [4.78, 5) is 2.59. The highest BCUT2D eigenvalue weighted by molar-refractivity contribution is 5.85. The Labute approximate surface area is 139 Å². The number of nitrogens with zero attached hydrogens (tertiary/aromatic N) is 2. The van der Waals surface area contributed by atoms with Gasteiger partial charge in [-0.2, -0.15) is 5.26 Å². The van der Waals surface area contributed by atoms with E-state index in [9.17, 15) is 0 Å². The first kappa shape index (κ1) is 18.3. The van der Waals surface area contributed by atoms with Crippen LogP contribution in [0.2, 0.25) is 0 Å². The van der Waals surface area contributed by atoms with Gasteiger partial charge in [0.2, 0.25) is 0 Å². The molecule has 1 aliphatic heterocycles. The molecule has 1 saturated carbocycles. The van der Waals surface area contributed by atoms with Crippen molar-refractivity contribution in [2.45, 2.75) is 25.3 Å². The first-order valence-corrected chi connectivity index (χ1v) is 7.31. The highest BCUT2D eigenvalue weighted by Gasteiger charge is 2.30. The minimum Gasteiger partial charge on any atom is -0.314 e. The minimum atomic E-state index is 0. The molecule has 1 N–H and O–H groups in total. The molecule has 3 rings (SSSR count). The van der Waals surface area contributed by atoms with Crippen LogP contribution in [0.4, 0.5) is 0 Å². The van der Waals surface area contributed by atoms with Gasteiger partial charge in [0.1, 0.15) is 0 Å². The van der Waals surface area contributed by atoms with Gasteiger partial charge in [-0.05, 0) is 30.0 Å². The summed E-state index contributed by atoms with van der Waals surface area (Å²) in [5, 5.41) is 12.5. The fraction of sp³-hybridized carbons (Fsp3) is 0.562. The molecule has 0 spiro atoms. The van der Waals surface area contributed by atoms with Crippen molar-refractivity contribution >= 4 is 24.8 Å². The number of benzene rings is 1. The largest absolute Gasteiger partial charge is 0.314 e. The maximum atomic E-state index is 9.07. The van der Waals surface area contributed by atoms with Crippen LogP contribution in [-0.4, -0.2) is 31.1 Å². The third-order valence-corrected chi connectivity index (χ3v) is 4.25. The molecule has 5 heteroatoms.